The Hall–Kier alpha value is -2.30. The molecule has 0 bridgehead atoms. The van der Waals surface area contributed by atoms with E-state index in [1.54, 1.807) is 6.33 Å². The van der Waals surface area contributed by atoms with Crippen LogP contribution >= 0.6 is 0 Å². The molecule has 1 aromatic carbocycles. The smallest absolute Gasteiger partial charge is 0.135 e. The van der Waals surface area contributed by atoms with Crippen molar-refractivity contribution in [3.8, 4) is 5.75 Å². The molecule has 0 radical (unpaired) electrons. The van der Waals surface area contributed by atoms with Gasteiger partial charge in [0.2, 0.25) is 0 Å². The van der Waals surface area contributed by atoms with E-state index in [1.165, 1.54) is 34.7 Å². The zero-order valence-corrected chi connectivity index (χ0v) is 16.3. The molecule has 2 aliphatic heterocycles. The summed E-state index contributed by atoms with van der Waals surface area (Å²) in [6.07, 6.45) is 6.36. The molecule has 2 aromatic rings. The summed E-state index contributed by atoms with van der Waals surface area (Å²) in [5.41, 5.74) is 5.61. The number of ether oxygens (including phenoxy) is 1. The van der Waals surface area contributed by atoms with Gasteiger partial charge in [0.15, 0.2) is 0 Å². The highest BCUT2D eigenvalue weighted by Crippen LogP contribution is 2.46. The van der Waals surface area contributed by atoms with Crippen molar-refractivity contribution in [1.82, 2.24) is 9.97 Å². The second-order valence-corrected chi connectivity index (χ2v) is 8.26. The Morgan fingerprint density at radius 3 is 2.93 bits per heavy atom. The molecule has 27 heavy (non-hydrogen) atoms. The van der Waals surface area contributed by atoms with Gasteiger partial charge < -0.3 is 15.0 Å². The average Bonchev–Trinajstić information content (AvgIpc) is 3.24. The van der Waals surface area contributed by atoms with Gasteiger partial charge >= 0.3 is 0 Å². The number of piperidine rings is 1. The molecule has 3 aliphatic rings. The normalized spacial score (nSPS) is 22.4. The molecule has 5 nitrogen and oxygen atoms in total. The summed E-state index contributed by atoms with van der Waals surface area (Å²) in [7, 11) is 0. The maximum atomic E-state index is 5.76. The Bertz CT molecular complexity index is 857. The number of benzene rings is 1. The number of nitrogens with zero attached hydrogens (tertiary/aromatic N) is 3. The lowest BCUT2D eigenvalue weighted by molar-refractivity contribution is 0.334. The van der Waals surface area contributed by atoms with Gasteiger partial charge in [0.1, 0.15) is 17.9 Å². The van der Waals surface area contributed by atoms with Crippen LogP contribution in [-0.2, 0) is 11.8 Å². The van der Waals surface area contributed by atoms with E-state index in [-0.39, 0.29) is 5.41 Å². The Balaban J connectivity index is 1.40. The molecule has 1 spiro atoms. The van der Waals surface area contributed by atoms with Crippen LogP contribution < -0.4 is 15.0 Å². The Morgan fingerprint density at radius 1 is 1.26 bits per heavy atom. The van der Waals surface area contributed by atoms with Crippen molar-refractivity contribution in [1.29, 1.82) is 0 Å². The predicted octanol–water partition coefficient (Wildman–Crippen LogP) is 3.89. The molecule has 0 amide bonds. The number of aryl methyl sites for hydroxylation is 1. The van der Waals surface area contributed by atoms with Crippen molar-refractivity contribution in [3.05, 3.63) is 41.3 Å². The Labute approximate surface area is 161 Å². The first-order chi connectivity index (χ1) is 13.2. The molecule has 5 heteroatoms. The predicted molar refractivity (Wildman–Crippen MR) is 108 cm³/mol. The number of nitrogens with one attached hydrogen (secondary N) is 1. The highest BCUT2D eigenvalue weighted by atomic mass is 16.5. The first-order valence-electron chi connectivity index (χ1n) is 10.3. The monoisotopic (exact) mass is 364 g/mol. The maximum Gasteiger partial charge on any atom is 0.135 e. The Morgan fingerprint density at radius 2 is 2.11 bits per heavy atom. The lowest BCUT2D eigenvalue weighted by Crippen LogP contribution is -2.44. The van der Waals surface area contributed by atoms with Gasteiger partial charge in [-0.05, 0) is 62.3 Å². The van der Waals surface area contributed by atoms with E-state index in [4.69, 9.17) is 9.72 Å². The molecule has 3 heterocycles. The maximum absolute atomic E-state index is 5.76. The number of aromatic nitrogens is 2. The fourth-order valence-corrected chi connectivity index (χ4v) is 5.20. The topological polar surface area (TPSA) is 50.3 Å². The van der Waals surface area contributed by atoms with Crippen LogP contribution in [0.4, 0.5) is 11.5 Å². The van der Waals surface area contributed by atoms with Gasteiger partial charge in [0.05, 0.1) is 6.61 Å². The van der Waals surface area contributed by atoms with Gasteiger partial charge in [-0.25, -0.2) is 9.97 Å². The summed E-state index contributed by atoms with van der Waals surface area (Å²) < 4.78 is 5.76. The van der Waals surface area contributed by atoms with Crippen molar-refractivity contribution in [3.63, 3.8) is 0 Å². The molecule has 0 saturated carbocycles. The van der Waals surface area contributed by atoms with Crippen molar-refractivity contribution in [2.24, 2.45) is 0 Å². The van der Waals surface area contributed by atoms with Gasteiger partial charge in [0, 0.05) is 42.0 Å². The van der Waals surface area contributed by atoms with E-state index in [9.17, 15) is 0 Å². The minimum atomic E-state index is 0.223. The molecule has 1 saturated heterocycles. The fraction of sp³-hybridized carbons (Fsp3) is 0.545. The van der Waals surface area contributed by atoms with Crippen LogP contribution in [0.25, 0.3) is 0 Å². The molecule has 1 fully saturated rings. The van der Waals surface area contributed by atoms with E-state index in [2.05, 4.69) is 40.3 Å². The number of anilines is 2. The van der Waals surface area contributed by atoms with Gasteiger partial charge in [-0.1, -0.05) is 6.92 Å². The van der Waals surface area contributed by atoms with Gasteiger partial charge in [-0.3, -0.25) is 0 Å². The summed E-state index contributed by atoms with van der Waals surface area (Å²) in [6, 6.07) is 6.52. The molecule has 1 aromatic heterocycles. The first-order valence-corrected chi connectivity index (χ1v) is 10.3. The summed E-state index contributed by atoms with van der Waals surface area (Å²) in [6.45, 7) is 8.21. The molecule has 1 N–H and O–H groups in total. The van der Waals surface area contributed by atoms with Crippen LogP contribution in [0.15, 0.2) is 24.5 Å². The molecular weight excluding hydrogens is 336 g/mol. The third-order valence-electron chi connectivity index (χ3n) is 6.76. The van der Waals surface area contributed by atoms with Crippen LogP contribution in [0.5, 0.6) is 5.75 Å². The van der Waals surface area contributed by atoms with Crippen LogP contribution in [0.3, 0.4) is 0 Å². The summed E-state index contributed by atoms with van der Waals surface area (Å²) >= 11 is 0. The summed E-state index contributed by atoms with van der Waals surface area (Å²) in [4.78, 5) is 11.7. The quantitative estimate of drug-likeness (QED) is 0.895. The van der Waals surface area contributed by atoms with Gasteiger partial charge in [0.25, 0.3) is 0 Å². The van der Waals surface area contributed by atoms with Crippen LogP contribution in [0.2, 0.25) is 0 Å². The van der Waals surface area contributed by atoms with Crippen LogP contribution in [-0.4, -0.2) is 36.2 Å². The second kappa shape index (κ2) is 6.39. The number of hydrogen-bond donors (Lipinski definition) is 1. The molecule has 1 unspecified atom stereocenters. The number of fused-ring (bicyclic) bond motifs is 3. The fourth-order valence-electron chi connectivity index (χ4n) is 5.20. The lowest BCUT2D eigenvalue weighted by atomic mass is 9.74. The average molecular weight is 364 g/mol. The third kappa shape index (κ3) is 2.67. The second-order valence-electron chi connectivity index (χ2n) is 8.26. The largest absolute Gasteiger partial charge is 0.494 e. The zero-order valence-electron chi connectivity index (χ0n) is 16.3. The van der Waals surface area contributed by atoms with Crippen molar-refractivity contribution in [2.75, 3.05) is 36.5 Å². The van der Waals surface area contributed by atoms with E-state index < -0.39 is 0 Å². The van der Waals surface area contributed by atoms with Gasteiger partial charge in [-0.2, -0.15) is 0 Å². The molecule has 5 rings (SSSR count). The molecule has 1 aliphatic carbocycles. The van der Waals surface area contributed by atoms with Crippen molar-refractivity contribution < 1.29 is 4.74 Å². The summed E-state index contributed by atoms with van der Waals surface area (Å²) in [5.74, 6) is 2.76. The number of rotatable bonds is 3. The van der Waals surface area contributed by atoms with Crippen LogP contribution in [0, 0.1) is 0 Å². The van der Waals surface area contributed by atoms with E-state index in [0.717, 1.165) is 44.6 Å². The molecule has 142 valence electrons. The zero-order chi connectivity index (χ0) is 18.4. The minimum Gasteiger partial charge on any atom is -0.494 e. The molecular formula is C22H28N4O. The van der Waals surface area contributed by atoms with E-state index in [1.807, 2.05) is 6.92 Å². The lowest BCUT2D eigenvalue weighted by Gasteiger charge is -2.40. The van der Waals surface area contributed by atoms with E-state index in [0.29, 0.717) is 12.5 Å². The minimum absolute atomic E-state index is 0.223. The molecule has 1 atom stereocenters. The number of hydrogen-bond acceptors (Lipinski definition) is 5. The Kier molecular flexibility index (Phi) is 3.99. The third-order valence-corrected chi connectivity index (χ3v) is 6.76. The first kappa shape index (κ1) is 16.8. The van der Waals surface area contributed by atoms with E-state index >= 15 is 0 Å². The van der Waals surface area contributed by atoms with Gasteiger partial charge in [-0.15, -0.1) is 0 Å². The highest BCUT2D eigenvalue weighted by molar-refractivity contribution is 5.63. The standard InChI is InChI=1S/C22H28N4O/c1-3-27-16-5-7-18-17(12-16)22(13-23-18)8-10-26(11-9-22)21-20-15(2)4-6-19(20)24-14-25-21/h5,7,12,14-15,23H,3-4,6,8-11,13H2,1-2H3. The van der Waals surface area contributed by atoms with Crippen molar-refractivity contribution >= 4 is 11.5 Å². The SMILES string of the molecule is CCOc1ccc2c(c1)C1(CCN(c3ncnc4c3C(C)CC4)CC1)CN2. The summed E-state index contributed by atoms with van der Waals surface area (Å²) in [5, 5.41) is 3.63. The highest BCUT2D eigenvalue weighted by Gasteiger charge is 2.42. The van der Waals surface area contributed by atoms with Crippen LogP contribution in [0.1, 0.15) is 55.8 Å². The van der Waals surface area contributed by atoms with Crippen molar-refractivity contribution in [2.45, 2.75) is 50.9 Å².